The maximum Gasteiger partial charge on any atom is 0.131 e. The first-order valence-corrected chi connectivity index (χ1v) is 22.8. The zero-order valence-electron chi connectivity index (χ0n) is 40.3. The van der Waals surface area contributed by atoms with E-state index in [4.69, 9.17) is 5.73 Å². The fraction of sp³-hybridized carbons (Fsp3) is 0.472. The Balaban J connectivity index is -0.00000126. The van der Waals surface area contributed by atoms with Gasteiger partial charge in [0.2, 0.25) is 0 Å². The average Bonchev–Trinajstić information content (AvgIpc) is 3.62. The molecule has 0 bridgehead atoms. The van der Waals surface area contributed by atoms with Crippen LogP contribution in [0.1, 0.15) is 112 Å². The number of thioether (sulfide) groups is 1. The second-order valence-corrected chi connectivity index (χ2v) is 17.7. The van der Waals surface area contributed by atoms with Crippen LogP contribution in [-0.2, 0) is 6.54 Å². The smallest absolute Gasteiger partial charge is 0.131 e. The highest BCUT2D eigenvalue weighted by Gasteiger charge is 2.35. The van der Waals surface area contributed by atoms with E-state index in [2.05, 4.69) is 134 Å². The molecule has 0 saturated heterocycles. The summed E-state index contributed by atoms with van der Waals surface area (Å²) in [6, 6.07) is 15.8. The molecule has 8 heteroatoms. The van der Waals surface area contributed by atoms with Gasteiger partial charge in [-0.25, -0.2) is 8.78 Å². The van der Waals surface area contributed by atoms with Crippen LogP contribution >= 0.6 is 11.8 Å². The molecule has 5 nitrogen and oxygen atoms in total. The van der Waals surface area contributed by atoms with Crippen molar-refractivity contribution in [2.24, 2.45) is 28.2 Å². The van der Waals surface area contributed by atoms with Gasteiger partial charge in [-0.3, -0.25) is 0 Å². The molecule has 0 fully saturated rings. The number of hydrogen-bond acceptors (Lipinski definition) is 5. The van der Waals surface area contributed by atoms with Gasteiger partial charge in [-0.2, -0.15) is 11.8 Å². The van der Waals surface area contributed by atoms with Crippen LogP contribution < -0.4 is 16.8 Å². The highest BCUT2D eigenvalue weighted by atomic mass is 32.2. The maximum absolute atomic E-state index is 14.9. The first kappa shape index (κ1) is 61.2. The molecule has 0 aliphatic carbocycles. The third kappa shape index (κ3) is 29.7. The monoisotopic (exact) mass is 864 g/mol. The minimum absolute atomic E-state index is 0.0666. The Morgan fingerprint density at radius 2 is 1.51 bits per heavy atom. The predicted octanol–water partition coefficient (Wildman–Crippen LogP) is 14.4. The van der Waals surface area contributed by atoms with Crippen molar-refractivity contribution < 1.29 is 8.78 Å². The van der Waals surface area contributed by atoms with E-state index in [0.717, 1.165) is 60.5 Å². The van der Waals surface area contributed by atoms with E-state index >= 15 is 0 Å². The van der Waals surface area contributed by atoms with Gasteiger partial charge in [0.1, 0.15) is 11.6 Å². The third-order valence-electron chi connectivity index (χ3n) is 8.52. The zero-order valence-corrected chi connectivity index (χ0v) is 41.2. The van der Waals surface area contributed by atoms with E-state index in [0.29, 0.717) is 30.0 Å². The van der Waals surface area contributed by atoms with Gasteiger partial charge in [-0.1, -0.05) is 137 Å². The Morgan fingerprint density at radius 3 is 1.93 bits per heavy atom. The van der Waals surface area contributed by atoms with Crippen molar-refractivity contribution in [1.29, 1.82) is 0 Å². The first-order valence-electron chi connectivity index (χ1n) is 21.6. The van der Waals surface area contributed by atoms with Crippen LogP contribution in [0.3, 0.4) is 0 Å². The lowest BCUT2D eigenvalue weighted by Gasteiger charge is -2.43. The minimum Gasteiger partial charge on any atom is -0.405 e. The molecular weight excluding hydrogens is 777 g/mol. The molecule has 0 radical (unpaired) electrons. The van der Waals surface area contributed by atoms with Crippen LogP contribution in [-0.4, -0.2) is 47.7 Å². The average molecular weight is 864 g/mol. The Morgan fingerprint density at radius 1 is 0.951 bits per heavy atom. The van der Waals surface area contributed by atoms with Crippen molar-refractivity contribution in [3.63, 3.8) is 0 Å². The fourth-order valence-electron chi connectivity index (χ4n) is 5.21. The molecule has 0 amide bonds. The van der Waals surface area contributed by atoms with Crippen molar-refractivity contribution >= 4 is 11.8 Å². The summed E-state index contributed by atoms with van der Waals surface area (Å²) < 4.78 is 31.3. The van der Waals surface area contributed by atoms with Gasteiger partial charge >= 0.3 is 0 Å². The molecule has 344 valence electrons. The number of halogens is 2. The number of allylic oxidation sites excluding steroid dienone is 4. The molecule has 0 saturated carbocycles. The van der Waals surface area contributed by atoms with E-state index in [-0.39, 0.29) is 17.0 Å². The Kier molecular flexibility index (Phi) is 36.6. The molecule has 0 aliphatic rings. The quantitative estimate of drug-likeness (QED) is 0.0878. The summed E-state index contributed by atoms with van der Waals surface area (Å²) in [4.78, 5) is 2.38. The number of nitrogens with two attached hydrogens (primary N) is 2. The molecule has 1 aromatic heterocycles. The van der Waals surface area contributed by atoms with E-state index in [1.165, 1.54) is 31.2 Å². The van der Waals surface area contributed by atoms with Crippen LogP contribution in [0, 0.1) is 28.4 Å². The number of nitrogens with zero attached hydrogens (tertiary/aromatic N) is 2. The Hall–Kier alpha value is -4.11. The van der Waals surface area contributed by atoms with Crippen molar-refractivity contribution in [3.05, 3.63) is 159 Å². The minimum atomic E-state index is -0.458. The Bertz CT molecular complexity index is 1590. The molecule has 3 aromatic rings. The molecule has 0 spiro atoms. The number of nitrogens with one attached hydrogen (secondary N) is 1. The lowest BCUT2D eigenvalue weighted by Crippen LogP contribution is -2.39. The molecule has 0 aliphatic heterocycles. The van der Waals surface area contributed by atoms with E-state index in [9.17, 15) is 8.78 Å². The number of aromatic nitrogens is 1. The second kappa shape index (κ2) is 36.5. The number of benzene rings is 2. The van der Waals surface area contributed by atoms with Crippen molar-refractivity contribution in [1.82, 2.24) is 14.8 Å². The van der Waals surface area contributed by atoms with Gasteiger partial charge in [0.25, 0.3) is 0 Å². The highest BCUT2D eigenvalue weighted by molar-refractivity contribution is 7.99. The van der Waals surface area contributed by atoms with Gasteiger partial charge in [0.15, 0.2) is 0 Å². The zero-order chi connectivity index (χ0) is 47.4. The molecule has 5 N–H and O–H groups in total. The summed E-state index contributed by atoms with van der Waals surface area (Å²) in [6.45, 7) is 46.5. The first-order chi connectivity index (χ1) is 28.8. The van der Waals surface area contributed by atoms with Crippen molar-refractivity contribution in [3.8, 4) is 11.1 Å². The summed E-state index contributed by atoms with van der Waals surface area (Å²) >= 11 is 1.85. The van der Waals surface area contributed by atoms with Gasteiger partial charge in [-0.05, 0) is 105 Å². The highest BCUT2D eigenvalue weighted by Crippen LogP contribution is 2.43. The molecule has 61 heavy (non-hydrogen) atoms. The van der Waals surface area contributed by atoms with E-state index < -0.39 is 11.6 Å². The van der Waals surface area contributed by atoms with Crippen molar-refractivity contribution in [2.45, 2.75) is 108 Å². The van der Waals surface area contributed by atoms with Gasteiger partial charge in [0.05, 0.1) is 6.04 Å². The SMILES string of the molecule is C=CC.C=CC(C)(C)C.C=CC(C)CSCC(=C)N(CCCN)C(c1cc(-c2cc(F)ccc2F)cn1Cc1ccccc1)C(C)(C)C.C=CCC.C=CN.CCCCNC. The standard InChI is InChI=1S/C33H43F2N3S.C6H12.C5H13N.C4H8.C3H6.C2H5N/c1-7-24(2)22-39-23-25(3)38(17-11-16-36)32(33(4,5)6)31-18-27(29-19-28(34)14-15-30(29)35)21-37(31)20-26-12-9-8-10-13-26;1-5-6(2,3)4;1-3-4-5-6-2;1-3-4-2;1-3-2;1-2-3/h7-10,12-15,18-19,21,24,32H,1,3,11,16-17,20,22-23,36H2,2,4-6H3;5H,1H2,2-4H3;6H,3-5H2,1-2H3;3H,1,4H2,2H3;3H,1H2,2H3;2H,1,3H2. The van der Waals surface area contributed by atoms with Crippen LogP contribution in [0.15, 0.2) is 136 Å². The van der Waals surface area contributed by atoms with E-state index in [1.54, 1.807) is 6.08 Å². The molecule has 2 unspecified atom stereocenters. The molecule has 2 aromatic carbocycles. The Labute approximate surface area is 378 Å². The van der Waals surface area contributed by atoms with E-state index in [1.807, 2.05) is 74.4 Å². The summed E-state index contributed by atoms with van der Waals surface area (Å²) in [7, 11) is 1.98. The lowest BCUT2D eigenvalue weighted by atomic mass is 9.82. The maximum atomic E-state index is 14.9. The summed E-state index contributed by atoms with van der Waals surface area (Å²) in [5.41, 5.74) is 14.8. The van der Waals surface area contributed by atoms with Crippen molar-refractivity contribution in [2.75, 3.05) is 38.2 Å². The molecule has 1 heterocycles. The normalized spacial score (nSPS) is 11.2. The van der Waals surface area contributed by atoms with Crippen LogP contribution in [0.25, 0.3) is 11.1 Å². The second-order valence-electron chi connectivity index (χ2n) is 16.7. The number of unbranched alkanes of at least 4 members (excludes halogenated alkanes) is 1. The molecule has 3 rings (SSSR count). The predicted molar refractivity (Wildman–Crippen MR) is 273 cm³/mol. The van der Waals surface area contributed by atoms with Gasteiger partial charge in [-0.15, -0.1) is 26.3 Å². The number of hydrogen-bond donors (Lipinski definition) is 3. The van der Waals surface area contributed by atoms with Crippen LogP contribution in [0.5, 0.6) is 0 Å². The molecule has 2 atom stereocenters. The lowest BCUT2D eigenvalue weighted by molar-refractivity contribution is 0.127. The molecular formula is C53H87F2N5S. The summed E-state index contributed by atoms with van der Waals surface area (Å²) in [6.07, 6.45) is 15.2. The summed E-state index contributed by atoms with van der Waals surface area (Å²) in [5.74, 6) is 1.29. The summed E-state index contributed by atoms with van der Waals surface area (Å²) in [5, 5.41) is 3.07. The topological polar surface area (TPSA) is 72.2 Å². The number of rotatable bonds is 18. The van der Waals surface area contributed by atoms with Gasteiger partial charge < -0.3 is 26.3 Å². The largest absolute Gasteiger partial charge is 0.405 e. The van der Waals surface area contributed by atoms with Gasteiger partial charge in [0, 0.05) is 47.6 Å². The fourth-order valence-corrected chi connectivity index (χ4v) is 6.24. The third-order valence-corrected chi connectivity index (χ3v) is 9.82. The van der Waals surface area contributed by atoms with Crippen LogP contribution in [0.4, 0.5) is 8.78 Å². The van der Waals surface area contributed by atoms with Crippen LogP contribution in [0.2, 0.25) is 0 Å².